The lowest BCUT2D eigenvalue weighted by Crippen LogP contribution is -2.26. The third-order valence-corrected chi connectivity index (χ3v) is 4.08. The molecule has 0 spiro atoms. The molecule has 0 bridgehead atoms. The largest absolute Gasteiger partial charge is 0.478 e. The van der Waals surface area contributed by atoms with Crippen LogP contribution < -0.4 is 5.32 Å². The normalized spacial score (nSPS) is 21.8. The Labute approximate surface area is 122 Å². The predicted molar refractivity (Wildman–Crippen MR) is 77.5 cm³/mol. The minimum Gasteiger partial charge on any atom is -0.478 e. The molecule has 21 heavy (non-hydrogen) atoms. The number of hydrogen-bond donors (Lipinski definition) is 2. The molecule has 1 aliphatic carbocycles. The van der Waals surface area contributed by atoms with Gasteiger partial charge in [-0.25, -0.2) is 9.78 Å². The lowest BCUT2D eigenvalue weighted by Gasteiger charge is -2.28. The highest BCUT2D eigenvalue weighted by atomic mass is 16.6. The van der Waals surface area contributed by atoms with Crippen LogP contribution in [0.4, 0.5) is 11.5 Å². The van der Waals surface area contributed by atoms with Crippen molar-refractivity contribution < 1.29 is 14.8 Å². The molecule has 1 aromatic heterocycles. The van der Waals surface area contributed by atoms with Gasteiger partial charge >= 0.3 is 11.7 Å². The molecular weight excluding hydrogens is 274 g/mol. The molecule has 7 heteroatoms. The van der Waals surface area contributed by atoms with Gasteiger partial charge in [-0.15, -0.1) is 0 Å². The first-order chi connectivity index (χ1) is 10.0. The summed E-state index contributed by atoms with van der Waals surface area (Å²) in [6.07, 6.45) is 6.44. The third-order valence-electron chi connectivity index (χ3n) is 4.08. The van der Waals surface area contributed by atoms with Gasteiger partial charge < -0.3 is 10.4 Å². The average Bonchev–Trinajstić information content (AvgIpc) is 2.48. The standard InChI is InChI=1S/C14H19N3O4/c1-2-9-3-5-11(6-4-9)16-13-12(17(20)21)7-10(8-15-13)14(18)19/h7-9,11H,2-6H2,1H3,(H,15,16)(H,18,19). The number of aromatic carboxylic acids is 1. The first-order valence-electron chi connectivity index (χ1n) is 7.15. The summed E-state index contributed by atoms with van der Waals surface area (Å²) in [6, 6.07) is 1.21. The minimum absolute atomic E-state index is 0.157. The zero-order chi connectivity index (χ0) is 15.4. The predicted octanol–water partition coefficient (Wildman–Crippen LogP) is 3.07. The van der Waals surface area contributed by atoms with Crippen LogP contribution in [0.5, 0.6) is 0 Å². The van der Waals surface area contributed by atoms with E-state index in [1.54, 1.807) is 0 Å². The number of carbonyl (C=O) groups is 1. The van der Waals surface area contributed by atoms with E-state index in [9.17, 15) is 14.9 Å². The fraction of sp³-hybridized carbons (Fsp3) is 0.571. The van der Waals surface area contributed by atoms with Crippen molar-refractivity contribution in [2.24, 2.45) is 5.92 Å². The summed E-state index contributed by atoms with van der Waals surface area (Å²) in [5.74, 6) is -0.328. The van der Waals surface area contributed by atoms with Crippen molar-refractivity contribution in [3.63, 3.8) is 0 Å². The highest BCUT2D eigenvalue weighted by Gasteiger charge is 2.24. The number of carboxylic acids is 1. The lowest BCUT2D eigenvalue weighted by atomic mass is 9.84. The zero-order valence-electron chi connectivity index (χ0n) is 11.9. The number of hydrogen-bond acceptors (Lipinski definition) is 5. The number of aromatic nitrogens is 1. The first-order valence-corrected chi connectivity index (χ1v) is 7.15. The second-order valence-corrected chi connectivity index (χ2v) is 5.42. The van der Waals surface area contributed by atoms with Gasteiger partial charge in [-0.1, -0.05) is 13.3 Å². The maximum Gasteiger partial charge on any atom is 0.337 e. The Morgan fingerprint density at radius 3 is 2.67 bits per heavy atom. The van der Waals surface area contributed by atoms with E-state index >= 15 is 0 Å². The topological polar surface area (TPSA) is 105 Å². The fourth-order valence-electron chi connectivity index (χ4n) is 2.73. The third kappa shape index (κ3) is 3.68. The maximum absolute atomic E-state index is 11.1. The van der Waals surface area contributed by atoms with Crippen molar-refractivity contribution in [2.75, 3.05) is 5.32 Å². The number of carboxylic acid groups (broad SMARTS) is 1. The number of nitrogens with one attached hydrogen (secondary N) is 1. The molecule has 1 aliphatic rings. The van der Waals surface area contributed by atoms with Crippen molar-refractivity contribution in [3.05, 3.63) is 27.9 Å². The maximum atomic E-state index is 11.1. The van der Waals surface area contributed by atoms with Gasteiger partial charge in [0.25, 0.3) is 0 Å². The van der Waals surface area contributed by atoms with Gasteiger partial charge in [-0.2, -0.15) is 0 Å². The van der Waals surface area contributed by atoms with E-state index < -0.39 is 10.9 Å². The van der Waals surface area contributed by atoms with E-state index in [0.29, 0.717) is 0 Å². The highest BCUT2D eigenvalue weighted by molar-refractivity contribution is 5.88. The summed E-state index contributed by atoms with van der Waals surface area (Å²) >= 11 is 0. The van der Waals surface area contributed by atoms with Crippen molar-refractivity contribution in [3.8, 4) is 0 Å². The van der Waals surface area contributed by atoms with Crippen molar-refractivity contribution >= 4 is 17.5 Å². The average molecular weight is 293 g/mol. The molecule has 2 N–H and O–H groups in total. The summed E-state index contributed by atoms with van der Waals surface area (Å²) in [5, 5.41) is 23.0. The Morgan fingerprint density at radius 1 is 1.48 bits per heavy atom. The van der Waals surface area contributed by atoms with Gasteiger partial charge in [0.1, 0.15) is 0 Å². The molecule has 114 valence electrons. The second kappa shape index (κ2) is 6.51. The van der Waals surface area contributed by atoms with Crippen LogP contribution >= 0.6 is 0 Å². The molecule has 0 aromatic carbocycles. The second-order valence-electron chi connectivity index (χ2n) is 5.42. The molecule has 1 aromatic rings. The SMILES string of the molecule is CCC1CCC(Nc2ncc(C(=O)O)cc2[N+](=O)[O-])CC1. The Bertz CT molecular complexity index is 539. The van der Waals surface area contributed by atoms with Gasteiger partial charge in [0, 0.05) is 18.3 Å². The molecule has 7 nitrogen and oxygen atoms in total. The zero-order valence-corrected chi connectivity index (χ0v) is 11.9. The van der Waals surface area contributed by atoms with E-state index in [0.717, 1.165) is 43.9 Å². The fourth-order valence-corrected chi connectivity index (χ4v) is 2.73. The van der Waals surface area contributed by atoms with Crippen LogP contribution in [0.3, 0.4) is 0 Å². The smallest absolute Gasteiger partial charge is 0.337 e. The van der Waals surface area contributed by atoms with Crippen molar-refractivity contribution in [2.45, 2.75) is 45.1 Å². The van der Waals surface area contributed by atoms with Gasteiger partial charge in [-0.3, -0.25) is 10.1 Å². The molecule has 1 saturated carbocycles. The van der Waals surface area contributed by atoms with Crippen LogP contribution in [0.25, 0.3) is 0 Å². The Morgan fingerprint density at radius 2 is 2.14 bits per heavy atom. The number of rotatable bonds is 5. The molecule has 2 rings (SSSR count). The monoisotopic (exact) mass is 293 g/mol. The van der Waals surface area contributed by atoms with Crippen LogP contribution in [0.15, 0.2) is 12.3 Å². The van der Waals surface area contributed by atoms with E-state index in [-0.39, 0.29) is 23.1 Å². The minimum atomic E-state index is -1.22. The first kappa shape index (κ1) is 15.2. The molecule has 0 atom stereocenters. The summed E-state index contributed by atoms with van der Waals surface area (Å²) in [5.41, 5.74) is -0.463. The van der Waals surface area contributed by atoms with Crippen molar-refractivity contribution in [1.29, 1.82) is 0 Å². The Hall–Kier alpha value is -2.18. The van der Waals surface area contributed by atoms with Crippen molar-refractivity contribution in [1.82, 2.24) is 4.98 Å². The van der Waals surface area contributed by atoms with Gasteiger partial charge in [-0.05, 0) is 31.6 Å². The van der Waals surface area contributed by atoms with Crippen LogP contribution in [0, 0.1) is 16.0 Å². The summed E-state index contributed by atoms with van der Waals surface area (Å²) in [7, 11) is 0. The van der Waals surface area contributed by atoms with Crippen LogP contribution in [-0.4, -0.2) is 27.0 Å². The van der Waals surface area contributed by atoms with E-state index in [4.69, 9.17) is 5.11 Å². The molecule has 0 amide bonds. The van der Waals surface area contributed by atoms with Gasteiger partial charge in [0.05, 0.1) is 10.5 Å². The van der Waals surface area contributed by atoms with Crippen LogP contribution in [0.2, 0.25) is 0 Å². The molecular formula is C14H19N3O4. The van der Waals surface area contributed by atoms with Gasteiger partial charge in [0.15, 0.2) is 0 Å². The van der Waals surface area contributed by atoms with E-state index in [1.807, 2.05) is 0 Å². The number of pyridine rings is 1. The number of nitrogens with zero attached hydrogens (tertiary/aromatic N) is 2. The summed E-state index contributed by atoms with van der Waals surface area (Å²) in [4.78, 5) is 25.3. The molecule has 0 radical (unpaired) electrons. The molecule has 0 saturated heterocycles. The van der Waals surface area contributed by atoms with Crippen LogP contribution in [-0.2, 0) is 0 Å². The molecule has 0 unspecified atom stereocenters. The summed E-state index contributed by atoms with van der Waals surface area (Å²) < 4.78 is 0. The highest BCUT2D eigenvalue weighted by Crippen LogP contribution is 2.30. The summed E-state index contributed by atoms with van der Waals surface area (Å²) in [6.45, 7) is 2.18. The van der Waals surface area contributed by atoms with E-state index in [2.05, 4.69) is 17.2 Å². The quantitative estimate of drug-likeness (QED) is 0.638. The lowest BCUT2D eigenvalue weighted by molar-refractivity contribution is -0.384. The molecule has 0 aliphatic heterocycles. The van der Waals surface area contributed by atoms with Gasteiger partial charge in [0.2, 0.25) is 5.82 Å². The Kier molecular flexibility index (Phi) is 4.72. The molecule has 1 fully saturated rings. The Balaban J connectivity index is 2.13. The van der Waals surface area contributed by atoms with Crippen LogP contribution in [0.1, 0.15) is 49.4 Å². The molecule has 1 heterocycles. The van der Waals surface area contributed by atoms with E-state index in [1.165, 1.54) is 6.42 Å². The number of nitro groups is 1. The number of anilines is 1.